The van der Waals surface area contributed by atoms with Crippen molar-refractivity contribution in [3.63, 3.8) is 0 Å². The van der Waals surface area contributed by atoms with Gasteiger partial charge in [-0.1, -0.05) is 65.9 Å². The van der Waals surface area contributed by atoms with Crippen LogP contribution in [-0.4, -0.2) is 26.1 Å². The highest BCUT2D eigenvalue weighted by Crippen LogP contribution is 2.32. The van der Waals surface area contributed by atoms with Crippen LogP contribution in [0.25, 0.3) is 0 Å². The minimum absolute atomic E-state index is 0.0137. The van der Waals surface area contributed by atoms with Crippen LogP contribution in [0, 0.1) is 0 Å². The zero-order valence-electron chi connectivity index (χ0n) is 12.0. The number of hydrogen-bond acceptors (Lipinski definition) is 3. The van der Waals surface area contributed by atoms with Crippen molar-refractivity contribution in [1.82, 2.24) is 15.0 Å². The number of rotatable bonds is 4. The van der Waals surface area contributed by atoms with E-state index >= 15 is 0 Å². The van der Waals surface area contributed by atoms with Gasteiger partial charge in [-0.05, 0) is 11.1 Å². The number of aryl methyl sites for hydroxylation is 1. The summed E-state index contributed by atoms with van der Waals surface area (Å²) in [5.74, 6) is -1.30. The lowest BCUT2D eigenvalue weighted by atomic mass is 9.87. The van der Waals surface area contributed by atoms with Crippen LogP contribution >= 0.6 is 0 Å². The van der Waals surface area contributed by atoms with Crippen LogP contribution in [0.1, 0.15) is 33.2 Å². The van der Waals surface area contributed by atoms with Gasteiger partial charge >= 0.3 is 5.97 Å². The van der Waals surface area contributed by atoms with Crippen LogP contribution in [-0.2, 0) is 7.05 Å². The fourth-order valence-corrected chi connectivity index (χ4v) is 2.64. The molecule has 0 fully saturated rings. The Balaban J connectivity index is 2.24. The van der Waals surface area contributed by atoms with Gasteiger partial charge in [-0.3, -0.25) is 4.68 Å². The maximum atomic E-state index is 11.5. The van der Waals surface area contributed by atoms with E-state index in [2.05, 4.69) is 10.3 Å². The van der Waals surface area contributed by atoms with Crippen molar-refractivity contribution in [3.8, 4) is 0 Å². The first-order chi connectivity index (χ1) is 10.7. The Morgan fingerprint density at radius 1 is 1.00 bits per heavy atom. The summed E-state index contributed by atoms with van der Waals surface area (Å²) in [6, 6.07) is 19.6. The van der Waals surface area contributed by atoms with E-state index in [4.69, 9.17) is 0 Å². The molecule has 0 aliphatic carbocycles. The molecule has 0 unspecified atom stereocenters. The Bertz CT molecular complexity index is 743. The van der Waals surface area contributed by atoms with Crippen LogP contribution < -0.4 is 0 Å². The Kier molecular flexibility index (Phi) is 3.70. The smallest absolute Gasteiger partial charge is 0.358 e. The summed E-state index contributed by atoms with van der Waals surface area (Å²) >= 11 is 0. The van der Waals surface area contributed by atoms with Crippen molar-refractivity contribution < 1.29 is 9.90 Å². The van der Waals surface area contributed by atoms with E-state index in [1.165, 1.54) is 4.68 Å². The van der Waals surface area contributed by atoms with Gasteiger partial charge in [0.15, 0.2) is 5.69 Å². The van der Waals surface area contributed by atoms with Crippen molar-refractivity contribution >= 4 is 5.97 Å². The molecule has 110 valence electrons. The number of carboxylic acid groups (broad SMARTS) is 1. The molecule has 0 aliphatic heterocycles. The third kappa shape index (κ3) is 2.48. The molecule has 3 rings (SSSR count). The van der Waals surface area contributed by atoms with Crippen molar-refractivity contribution in [2.75, 3.05) is 0 Å². The average Bonchev–Trinajstić information content (AvgIpc) is 2.92. The predicted molar refractivity (Wildman–Crippen MR) is 81.8 cm³/mol. The molecule has 0 aliphatic rings. The topological polar surface area (TPSA) is 68.0 Å². The van der Waals surface area contributed by atoms with E-state index in [-0.39, 0.29) is 11.6 Å². The second-order valence-corrected chi connectivity index (χ2v) is 5.01. The quantitative estimate of drug-likeness (QED) is 0.803. The van der Waals surface area contributed by atoms with E-state index in [0.717, 1.165) is 11.1 Å². The number of carbonyl (C=O) groups is 1. The molecule has 5 nitrogen and oxygen atoms in total. The molecule has 1 heterocycles. The lowest BCUT2D eigenvalue weighted by Crippen LogP contribution is -2.13. The van der Waals surface area contributed by atoms with Crippen LogP contribution in [0.2, 0.25) is 0 Å². The second-order valence-electron chi connectivity index (χ2n) is 5.01. The minimum atomic E-state index is -1.07. The van der Waals surface area contributed by atoms with Gasteiger partial charge in [-0.25, -0.2) is 4.79 Å². The number of benzene rings is 2. The fraction of sp³-hybridized carbons (Fsp3) is 0.118. The molecule has 0 amide bonds. The molecule has 2 aromatic carbocycles. The van der Waals surface area contributed by atoms with Gasteiger partial charge in [0.1, 0.15) is 0 Å². The van der Waals surface area contributed by atoms with Gasteiger partial charge in [-0.2, -0.15) is 0 Å². The van der Waals surface area contributed by atoms with E-state index in [1.807, 2.05) is 60.7 Å². The first-order valence-electron chi connectivity index (χ1n) is 6.91. The van der Waals surface area contributed by atoms with Gasteiger partial charge < -0.3 is 5.11 Å². The van der Waals surface area contributed by atoms with Gasteiger partial charge in [0, 0.05) is 7.05 Å². The van der Waals surface area contributed by atoms with Gasteiger partial charge in [0.2, 0.25) is 0 Å². The summed E-state index contributed by atoms with van der Waals surface area (Å²) in [5, 5.41) is 17.1. The third-order valence-electron chi connectivity index (χ3n) is 3.61. The molecule has 0 saturated heterocycles. The first-order valence-corrected chi connectivity index (χ1v) is 6.91. The second kappa shape index (κ2) is 5.81. The zero-order chi connectivity index (χ0) is 15.5. The number of nitrogens with zero attached hydrogens (tertiary/aromatic N) is 3. The van der Waals surface area contributed by atoms with Crippen LogP contribution in [0.5, 0.6) is 0 Å². The number of aromatic carboxylic acids is 1. The minimum Gasteiger partial charge on any atom is -0.476 e. The predicted octanol–water partition coefficient (Wildman–Crippen LogP) is 2.69. The van der Waals surface area contributed by atoms with E-state index in [0.29, 0.717) is 5.69 Å². The highest BCUT2D eigenvalue weighted by atomic mass is 16.4. The summed E-state index contributed by atoms with van der Waals surface area (Å²) in [7, 11) is 1.72. The van der Waals surface area contributed by atoms with E-state index in [1.54, 1.807) is 7.05 Å². The molecule has 0 radical (unpaired) electrons. The van der Waals surface area contributed by atoms with Crippen LogP contribution in [0.15, 0.2) is 60.7 Å². The van der Waals surface area contributed by atoms with Gasteiger partial charge in [-0.15, -0.1) is 5.10 Å². The standard InChI is InChI=1S/C17H15N3O2/c1-20-16(15(17(21)22)18-19-20)14(12-8-4-2-5-9-12)13-10-6-3-7-11-13/h2-11,14H,1H3,(H,21,22). The molecule has 1 aromatic heterocycles. The molecule has 5 heteroatoms. The fourth-order valence-electron chi connectivity index (χ4n) is 2.64. The molecule has 0 saturated carbocycles. The van der Waals surface area contributed by atoms with Crippen LogP contribution in [0.4, 0.5) is 0 Å². The lowest BCUT2D eigenvalue weighted by molar-refractivity contribution is 0.0689. The van der Waals surface area contributed by atoms with Crippen molar-refractivity contribution in [3.05, 3.63) is 83.2 Å². The SMILES string of the molecule is Cn1nnc(C(=O)O)c1C(c1ccccc1)c1ccccc1. The van der Waals surface area contributed by atoms with E-state index in [9.17, 15) is 9.90 Å². The average molecular weight is 293 g/mol. The maximum Gasteiger partial charge on any atom is 0.358 e. The monoisotopic (exact) mass is 293 g/mol. The lowest BCUT2D eigenvalue weighted by Gasteiger charge is -2.18. The number of hydrogen-bond donors (Lipinski definition) is 1. The molecule has 1 N–H and O–H groups in total. The highest BCUT2D eigenvalue weighted by molar-refractivity contribution is 5.87. The molecule has 0 bridgehead atoms. The molecular formula is C17H15N3O2. The Morgan fingerprint density at radius 3 is 1.95 bits per heavy atom. The Hall–Kier alpha value is -2.95. The summed E-state index contributed by atoms with van der Waals surface area (Å²) < 4.78 is 1.54. The molecule has 0 spiro atoms. The molecular weight excluding hydrogens is 278 g/mol. The van der Waals surface area contributed by atoms with E-state index < -0.39 is 5.97 Å². The van der Waals surface area contributed by atoms with Crippen molar-refractivity contribution in [2.24, 2.45) is 7.05 Å². The summed E-state index contributed by atoms with van der Waals surface area (Å²) in [6.07, 6.45) is 0. The normalized spacial score (nSPS) is 10.8. The summed E-state index contributed by atoms with van der Waals surface area (Å²) in [6.45, 7) is 0. The molecule has 22 heavy (non-hydrogen) atoms. The zero-order valence-corrected chi connectivity index (χ0v) is 12.0. The first kappa shape index (κ1) is 14.0. The Labute approximate surface area is 127 Å². The van der Waals surface area contributed by atoms with Gasteiger partial charge in [0.05, 0.1) is 11.6 Å². The number of carboxylic acids is 1. The van der Waals surface area contributed by atoms with Crippen LogP contribution in [0.3, 0.4) is 0 Å². The maximum absolute atomic E-state index is 11.5. The Morgan fingerprint density at radius 2 is 1.50 bits per heavy atom. The summed E-state index contributed by atoms with van der Waals surface area (Å²) in [4.78, 5) is 11.5. The van der Waals surface area contributed by atoms with Crippen molar-refractivity contribution in [2.45, 2.75) is 5.92 Å². The van der Waals surface area contributed by atoms with Crippen molar-refractivity contribution in [1.29, 1.82) is 0 Å². The number of aromatic nitrogens is 3. The molecule has 0 atom stereocenters. The largest absolute Gasteiger partial charge is 0.476 e. The molecule has 3 aromatic rings. The highest BCUT2D eigenvalue weighted by Gasteiger charge is 2.27. The third-order valence-corrected chi connectivity index (χ3v) is 3.61. The van der Waals surface area contributed by atoms with Gasteiger partial charge in [0.25, 0.3) is 0 Å². The summed E-state index contributed by atoms with van der Waals surface area (Å²) in [5.41, 5.74) is 2.56.